The lowest BCUT2D eigenvalue weighted by Gasteiger charge is -2.18. The molecule has 0 aliphatic rings. The van der Waals surface area contributed by atoms with E-state index in [0.717, 1.165) is 25.4 Å². The smallest absolute Gasteiger partial charge is 0.0805 e. The maximum Gasteiger partial charge on any atom is 0.0805 e. The van der Waals surface area contributed by atoms with Crippen molar-refractivity contribution in [1.29, 1.82) is 0 Å². The van der Waals surface area contributed by atoms with E-state index in [-0.39, 0.29) is 12.2 Å². The van der Waals surface area contributed by atoms with Crippen LogP contribution in [0, 0.1) is 5.92 Å². The second-order valence-electron chi connectivity index (χ2n) is 4.09. The lowest BCUT2D eigenvalue weighted by Crippen LogP contribution is -2.25. The van der Waals surface area contributed by atoms with Crippen LogP contribution in [0.2, 0.25) is 0 Å². The maximum atomic E-state index is 9.41. The molecule has 0 aliphatic carbocycles. The van der Waals surface area contributed by atoms with E-state index in [4.69, 9.17) is 4.74 Å². The molecule has 2 unspecified atom stereocenters. The predicted octanol–water partition coefficient (Wildman–Crippen LogP) is 2.60. The molecule has 80 valence electrons. The van der Waals surface area contributed by atoms with Gasteiger partial charge in [-0.1, -0.05) is 20.8 Å². The molecule has 0 spiro atoms. The van der Waals surface area contributed by atoms with Crippen molar-refractivity contribution in [1.82, 2.24) is 0 Å². The highest BCUT2D eigenvalue weighted by molar-refractivity contribution is 4.61. The standard InChI is InChI=1S/C11H24O2/c1-5-11(12)10(4)13-8-6-7-9(2)3/h9-12H,5-8H2,1-4H3. The van der Waals surface area contributed by atoms with E-state index < -0.39 is 0 Å². The zero-order valence-corrected chi connectivity index (χ0v) is 9.42. The van der Waals surface area contributed by atoms with Crippen LogP contribution >= 0.6 is 0 Å². The summed E-state index contributed by atoms with van der Waals surface area (Å²) in [4.78, 5) is 0. The summed E-state index contributed by atoms with van der Waals surface area (Å²) >= 11 is 0. The van der Waals surface area contributed by atoms with Gasteiger partial charge in [0.05, 0.1) is 12.2 Å². The number of aliphatic hydroxyl groups is 1. The highest BCUT2D eigenvalue weighted by atomic mass is 16.5. The van der Waals surface area contributed by atoms with Crippen molar-refractivity contribution in [2.45, 2.75) is 59.2 Å². The van der Waals surface area contributed by atoms with E-state index >= 15 is 0 Å². The molecule has 0 aliphatic heterocycles. The minimum absolute atomic E-state index is 0.0165. The number of rotatable bonds is 7. The van der Waals surface area contributed by atoms with Crippen molar-refractivity contribution in [3.63, 3.8) is 0 Å². The molecule has 13 heavy (non-hydrogen) atoms. The summed E-state index contributed by atoms with van der Waals surface area (Å²) in [6.07, 6.45) is 2.75. The van der Waals surface area contributed by atoms with E-state index in [9.17, 15) is 5.11 Å². The largest absolute Gasteiger partial charge is 0.390 e. The Hall–Kier alpha value is -0.0800. The molecule has 0 fully saturated rings. The molecule has 0 saturated carbocycles. The van der Waals surface area contributed by atoms with Gasteiger partial charge in [0.1, 0.15) is 0 Å². The van der Waals surface area contributed by atoms with Crippen molar-refractivity contribution < 1.29 is 9.84 Å². The molecule has 2 heteroatoms. The number of hydrogen-bond donors (Lipinski definition) is 1. The first kappa shape index (κ1) is 12.9. The molecule has 0 heterocycles. The first-order chi connectivity index (χ1) is 6.07. The van der Waals surface area contributed by atoms with Crippen molar-refractivity contribution >= 4 is 0 Å². The molecule has 0 saturated heterocycles. The Bertz CT molecular complexity index is 113. The molecule has 0 radical (unpaired) electrons. The van der Waals surface area contributed by atoms with Gasteiger partial charge in [0, 0.05) is 6.61 Å². The monoisotopic (exact) mass is 188 g/mol. The summed E-state index contributed by atoms with van der Waals surface area (Å²) in [5.74, 6) is 0.745. The molecule has 0 aromatic rings. The number of aliphatic hydroxyl groups excluding tert-OH is 1. The van der Waals surface area contributed by atoms with Gasteiger partial charge in [-0.25, -0.2) is 0 Å². The molecule has 2 atom stereocenters. The van der Waals surface area contributed by atoms with E-state index in [1.165, 1.54) is 6.42 Å². The average molecular weight is 188 g/mol. The van der Waals surface area contributed by atoms with Crippen LogP contribution < -0.4 is 0 Å². The third kappa shape index (κ3) is 7.03. The van der Waals surface area contributed by atoms with E-state index in [1.54, 1.807) is 0 Å². The van der Waals surface area contributed by atoms with Gasteiger partial charge >= 0.3 is 0 Å². The predicted molar refractivity (Wildman–Crippen MR) is 55.8 cm³/mol. The van der Waals surface area contributed by atoms with Gasteiger partial charge in [0.15, 0.2) is 0 Å². The fourth-order valence-electron chi connectivity index (χ4n) is 1.20. The minimum atomic E-state index is -0.306. The van der Waals surface area contributed by atoms with Crippen LogP contribution in [0.3, 0.4) is 0 Å². The highest BCUT2D eigenvalue weighted by Crippen LogP contribution is 2.07. The molecule has 0 rings (SSSR count). The zero-order valence-electron chi connectivity index (χ0n) is 9.42. The van der Waals surface area contributed by atoms with Crippen LogP contribution in [0.25, 0.3) is 0 Å². The Morgan fingerprint density at radius 2 is 1.85 bits per heavy atom. The van der Waals surface area contributed by atoms with E-state index in [1.807, 2.05) is 13.8 Å². The Kier molecular flexibility index (Phi) is 7.29. The first-order valence-electron chi connectivity index (χ1n) is 5.37. The first-order valence-corrected chi connectivity index (χ1v) is 5.37. The molecular formula is C11H24O2. The third-order valence-corrected chi connectivity index (χ3v) is 2.27. The van der Waals surface area contributed by atoms with Crippen molar-refractivity contribution in [2.75, 3.05) is 6.61 Å². The molecule has 1 N–H and O–H groups in total. The van der Waals surface area contributed by atoms with Crippen LogP contribution in [0.1, 0.15) is 47.0 Å². The van der Waals surface area contributed by atoms with Crippen LogP contribution in [0.15, 0.2) is 0 Å². The maximum absolute atomic E-state index is 9.41. The Balaban J connectivity index is 3.31. The molecular weight excluding hydrogens is 164 g/mol. The molecule has 2 nitrogen and oxygen atoms in total. The summed E-state index contributed by atoms with van der Waals surface area (Å²) in [5.41, 5.74) is 0. The van der Waals surface area contributed by atoms with E-state index in [2.05, 4.69) is 13.8 Å². The van der Waals surface area contributed by atoms with Crippen LogP contribution in [0.4, 0.5) is 0 Å². The summed E-state index contributed by atoms with van der Waals surface area (Å²) in [6, 6.07) is 0. The van der Waals surface area contributed by atoms with Gasteiger partial charge in [-0.05, 0) is 32.1 Å². The Morgan fingerprint density at radius 1 is 1.23 bits per heavy atom. The Morgan fingerprint density at radius 3 is 2.31 bits per heavy atom. The zero-order chi connectivity index (χ0) is 10.3. The van der Waals surface area contributed by atoms with Crippen LogP contribution in [0.5, 0.6) is 0 Å². The summed E-state index contributed by atoms with van der Waals surface area (Å²) < 4.78 is 5.50. The lowest BCUT2D eigenvalue weighted by molar-refractivity contribution is -0.0293. The van der Waals surface area contributed by atoms with E-state index in [0.29, 0.717) is 0 Å². The van der Waals surface area contributed by atoms with Gasteiger partial charge in [0.25, 0.3) is 0 Å². The van der Waals surface area contributed by atoms with Crippen molar-refractivity contribution in [2.24, 2.45) is 5.92 Å². The topological polar surface area (TPSA) is 29.5 Å². The van der Waals surface area contributed by atoms with Crippen molar-refractivity contribution in [3.8, 4) is 0 Å². The fourth-order valence-corrected chi connectivity index (χ4v) is 1.20. The second kappa shape index (κ2) is 7.34. The van der Waals surface area contributed by atoms with Gasteiger partial charge < -0.3 is 9.84 Å². The van der Waals surface area contributed by atoms with Gasteiger partial charge in [-0.2, -0.15) is 0 Å². The van der Waals surface area contributed by atoms with Gasteiger partial charge in [-0.15, -0.1) is 0 Å². The minimum Gasteiger partial charge on any atom is -0.390 e. The number of hydrogen-bond acceptors (Lipinski definition) is 2. The van der Waals surface area contributed by atoms with Crippen LogP contribution in [-0.2, 0) is 4.74 Å². The SMILES string of the molecule is CCC(O)C(C)OCCCC(C)C. The van der Waals surface area contributed by atoms with Crippen molar-refractivity contribution in [3.05, 3.63) is 0 Å². The summed E-state index contributed by atoms with van der Waals surface area (Å²) in [6.45, 7) is 9.10. The second-order valence-corrected chi connectivity index (χ2v) is 4.09. The molecule has 0 amide bonds. The Labute approximate surface area is 82.3 Å². The molecule has 0 aromatic carbocycles. The molecule has 0 bridgehead atoms. The lowest BCUT2D eigenvalue weighted by atomic mass is 10.1. The van der Waals surface area contributed by atoms with Crippen LogP contribution in [-0.4, -0.2) is 23.9 Å². The highest BCUT2D eigenvalue weighted by Gasteiger charge is 2.11. The summed E-state index contributed by atoms with van der Waals surface area (Å²) in [7, 11) is 0. The van der Waals surface area contributed by atoms with Gasteiger partial charge in [0.2, 0.25) is 0 Å². The number of ether oxygens (including phenoxy) is 1. The third-order valence-electron chi connectivity index (χ3n) is 2.27. The quantitative estimate of drug-likeness (QED) is 0.622. The summed E-state index contributed by atoms with van der Waals surface area (Å²) in [5, 5.41) is 9.41. The fraction of sp³-hybridized carbons (Fsp3) is 1.00. The normalized spacial score (nSPS) is 16.2. The molecule has 0 aromatic heterocycles. The van der Waals surface area contributed by atoms with Gasteiger partial charge in [-0.3, -0.25) is 0 Å². The average Bonchev–Trinajstić information content (AvgIpc) is 2.10.